The number of nitrogens with two attached hydrogens (primary N) is 1. The maximum absolute atomic E-state index is 13.0. The van der Waals surface area contributed by atoms with Gasteiger partial charge in [0, 0.05) is 17.5 Å². The molecule has 0 amide bonds. The maximum atomic E-state index is 13.0. The number of nitrogens with zero attached hydrogens (tertiary/aromatic N) is 2. The zero-order chi connectivity index (χ0) is 10.8. The van der Waals surface area contributed by atoms with E-state index in [1.54, 1.807) is 6.07 Å². The van der Waals surface area contributed by atoms with Crippen molar-refractivity contribution in [2.75, 3.05) is 6.54 Å². The lowest BCUT2D eigenvalue weighted by molar-refractivity contribution is 0.629. The van der Waals surface area contributed by atoms with Gasteiger partial charge in [-0.2, -0.15) is 0 Å². The highest BCUT2D eigenvalue weighted by Gasteiger charge is 2.04. The highest BCUT2D eigenvalue weighted by Crippen LogP contribution is 2.16. The molecule has 0 unspecified atom stereocenters. The van der Waals surface area contributed by atoms with Crippen LogP contribution in [0.25, 0.3) is 10.9 Å². The van der Waals surface area contributed by atoms with E-state index in [-0.39, 0.29) is 5.82 Å². The molecule has 3 nitrogen and oxygen atoms in total. The fourth-order valence-electron chi connectivity index (χ4n) is 1.55. The first-order valence-electron chi connectivity index (χ1n) is 4.83. The molecular formula is C11H12FN3. The zero-order valence-electron chi connectivity index (χ0n) is 8.50. The van der Waals surface area contributed by atoms with E-state index < -0.39 is 0 Å². The Labute approximate surface area is 87.2 Å². The van der Waals surface area contributed by atoms with Gasteiger partial charge in [-0.15, -0.1) is 0 Å². The minimum atomic E-state index is -0.263. The van der Waals surface area contributed by atoms with E-state index >= 15 is 0 Å². The Hall–Kier alpha value is -1.55. The third-order valence-electron chi connectivity index (χ3n) is 2.26. The van der Waals surface area contributed by atoms with Gasteiger partial charge in [-0.1, -0.05) is 0 Å². The van der Waals surface area contributed by atoms with Crippen LogP contribution in [0.2, 0.25) is 0 Å². The summed E-state index contributed by atoms with van der Waals surface area (Å²) in [4.78, 5) is 8.58. The summed E-state index contributed by atoms with van der Waals surface area (Å²) < 4.78 is 13.0. The third-order valence-corrected chi connectivity index (χ3v) is 2.26. The average Bonchev–Trinajstić information content (AvgIpc) is 2.20. The number of fused-ring (bicyclic) bond motifs is 1. The molecule has 15 heavy (non-hydrogen) atoms. The van der Waals surface area contributed by atoms with Crippen LogP contribution in [0, 0.1) is 12.7 Å². The van der Waals surface area contributed by atoms with Gasteiger partial charge in [0.15, 0.2) is 0 Å². The molecule has 0 saturated heterocycles. The zero-order valence-corrected chi connectivity index (χ0v) is 8.50. The van der Waals surface area contributed by atoms with E-state index in [0.29, 0.717) is 18.8 Å². The molecule has 0 fully saturated rings. The monoisotopic (exact) mass is 205 g/mol. The second-order valence-electron chi connectivity index (χ2n) is 3.43. The molecule has 0 aliphatic rings. The number of rotatable bonds is 2. The van der Waals surface area contributed by atoms with Gasteiger partial charge in [0.1, 0.15) is 11.6 Å². The van der Waals surface area contributed by atoms with Crippen LogP contribution in [0.4, 0.5) is 4.39 Å². The first-order chi connectivity index (χ1) is 7.20. The third kappa shape index (κ3) is 1.94. The molecule has 1 aromatic carbocycles. The largest absolute Gasteiger partial charge is 0.330 e. The number of halogens is 1. The highest BCUT2D eigenvalue weighted by molar-refractivity contribution is 5.80. The summed E-state index contributed by atoms with van der Waals surface area (Å²) >= 11 is 0. The van der Waals surface area contributed by atoms with Gasteiger partial charge >= 0.3 is 0 Å². The standard InChI is InChI=1S/C11H12FN3/c1-7-9-6-8(12)2-3-10(9)15-11(14-7)4-5-13/h2-3,6H,4-5,13H2,1H3. The molecular weight excluding hydrogens is 193 g/mol. The predicted octanol–water partition coefficient (Wildman–Crippen LogP) is 1.58. The number of hydrogen-bond acceptors (Lipinski definition) is 3. The van der Waals surface area contributed by atoms with E-state index in [1.165, 1.54) is 12.1 Å². The van der Waals surface area contributed by atoms with E-state index in [1.807, 2.05) is 6.92 Å². The quantitative estimate of drug-likeness (QED) is 0.809. The average molecular weight is 205 g/mol. The van der Waals surface area contributed by atoms with Crippen LogP contribution in [-0.2, 0) is 6.42 Å². The highest BCUT2D eigenvalue weighted by atomic mass is 19.1. The SMILES string of the molecule is Cc1nc(CCN)nc2ccc(F)cc12. The number of aryl methyl sites for hydroxylation is 1. The predicted molar refractivity (Wildman–Crippen MR) is 57.0 cm³/mol. The van der Waals surface area contributed by atoms with Gasteiger partial charge in [0.05, 0.1) is 5.52 Å². The molecule has 0 saturated carbocycles. The molecule has 1 aromatic heterocycles. The van der Waals surface area contributed by atoms with Crippen LogP contribution in [0.15, 0.2) is 18.2 Å². The summed E-state index contributed by atoms with van der Waals surface area (Å²) in [6.45, 7) is 2.37. The van der Waals surface area contributed by atoms with Crippen molar-refractivity contribution in [3.8, 4) is 0 Å². The van der Waals surface area contributed by atoms with Crippen LogP contribution in [-0.4, -0.2) is 16.5 Å². The van der Waals surface area contributed by atoms with Crippen LogP contribution in [0.3, 0.4) is 0 Å². The molecule has 0 atom stereocenters. The Balaban J connectivity index is 2.62. The lowest BCUT2D eigenvalue weighted by atomic mass is 10.2. The van der Waals surface area contributed by atoms with Gasteiger partial charge in [0.2, 0.25) is 0 Å². The van der Waals surface area contributed by atoms with Gasteiger partial charge < -0.3 is 5.73 Å². The van der Waals surface area contributed by atoms with Gasteiger partial charge in [-0.05, 0) is 31.7 Å². The topological polar surface area (TPSA) is 51.8 Å². The van der Waals surface area contributed by atoms with Crippen molar-refractivity contribution in [1.82, 2.24) is 9.97 Å². The molecule has 0 aliphatic carbocycles. The van der Waals surface area contributed by atoms with Crippen molar-refractivity contribution in [3.05, 3.63) is 35.5 Å². The van der Waals surface area contributed by atoms with Crippen LogP contribution < -0.4 is 5.73 Å². The smallest absolute Gasteiger partial charge is 0.130 e. The van der Waals surface area contributed by atoms with E-state index in [2.05, 4.69) is 9.97 Å². The Morgan fingerprint density at radius 1 is 1.33 bits per heavy atom. The van der Waals surface area contributed by atoms with Crippen molar-refractivity contribution in [3.63, 3.8) is 0 Å². The summed E-state index contributed by atoms with van der Waals surface area (Å²) in [5.74, 6) is 0.454. The Bertz CT molecular complexity index is 496. The summed E-state index contributed by atoms with van der Waals surface area (Å²) in [7, 11) is 0. The molecule has 2 aromatic rings. The van der Waals surface area contributed by atoms with Crippen molar-refractivity contribution in [1.29, 1.82) is 0 Å². The number of hydrogen-bond donors (Lipinski definition) is 1. The molecule has 0 spiro atoms. The number of benzene rings is 1. The van der Waals surface area contributed by atoms with E-state index in [9.17, 15) is 4.39 Å². The molecule has 2 rings (SSSR count). The van der Waals surface area contributed by atoms with Crippen LogP contribution in [0.1, 0.15) is 11.5 Å². The molecule has 0 radical (unpaired) electrons. The van der Waals surface area contributed by atoms with Crippen molar-refractivity contribution < 1.29 is 4.39 Å². The second kappa shape index (κ2) is 3.90. The fourth-order valence-corrected chi connectivity index (χ4v) is 1.55. The summed E-state index contributed by atoms with van der Waals surface area (Å²) in [5.41, 5.74) is 7.00. The first-order valence-corrected chi connectivity index (χ1v) is 4.83. The number of aromatic nitrogens is 2. The Morgan fingerprint density at radius 3 is 2.87 bits per heavy atom. The lowest BCUT2D eigenvalue weighted by Crippen LogP contribution is -2.07. The summed E-state index contributed by atoms with van der Waals surface area (Å²) in [6.07, 6.45) is 0.647. The van der Waals surface area contributed by atoms with Crippen LogP contribution in [0.5, 0.6) is 0 Å². The van der Waals surface area contributed by atoms with Gasteiger partial charge in [-0.25, -0.2) is 14.4 Å². The summed E-state index contributed by atoms with van der Waals surface area (Å²) in [6, 6.07) is 4.53. The van der Waals surface area contributed by atoms with Gasteiger partial charge in [-0.3, -0.25) is 0 Å². The summed E-state index contributed by atoms with van der Waals surface area (Å²) in [5, 5.41) is 0.760. The van der Waals surface area contributed by atoms with Crippen molar-refractivity contribution >= 4 is 10.9 Å². The molecule has 0 bridgehead atoms. The molecule has 0 aliphatic heterocycles. The first kappa shape index (κ1) is 9.98. The Morgan fingerprint density at radius 2 is 2.13 bits per heavy atom. The normalized spacial score (nSPS) is 10.9. The second-order valence-corrected chi connectivity index (χ2v) is 3.43. The molecule has 1 heterocycles. The Kier molecular flexibility index (Phi) is 2.60. The van der Waals surface area contributed by atoms with E-state index in [0.717, 1.165) is 16.6 Å². The van der Waals surface area contributed by atoms with Crippen molar-refractivity contribution in [2.45, 2.75) is 13.3 Å². The van der Waals surface area contributed by atoms with Crippen LogP contribution >= 0.6 is 0 Å². The minimum Gasteiger partial charge on any atom is -0.330 e. The minimum absolute atomic E-state index is 0.263. The van der Waals surface area contributed by atoms with Gasteiger partial charge in [0.25, 0.3) is 0 Å². The fraction of sp³-hybridized carbons (Fsp3) is 0.273. The molecule has 2 N–H and O–H groups in total. The molecule has 78 valence electrons. The maximum Gasteiger partial charge on any atom is 0.130 e. The van der Waals surface area contributed by atoms with E-state index in [4.69, 9.17) is 5.73 Å². The van der Waals surface area contributed by atoms with Crippen molar-refractivity contribution in [2.24, 2.45) is 5.73 Å². The molecule has 4 heteroatoms. The lowest BCUT2D eigenvalue weighted by Gasteiger charge is -2.04.